The van der Waals surface area contributed by atoms with Gasteiger partial charge in [-0.05, 0) is 6.42 Å². The van der Waals surface area contributed by atoms with E-state index in [0.717, 1.165) is 12.8 Å². The second-order valence-corrected chi connectivity index (χ2v) is 3.89. The summed E-state index contributed by atoms with van der Waals surface area (Å²) in [5.41, 5.74) is 0. The van der Waals surface area contributed by atoms with E-state index in [-0.39, 0.29) is 17.9 Å². The third-order valence-corrected chi connectivity index (χ3v) is 2.30. The molecule has 0 aromatic rings. The molecule has 0 aromatic carbocycles. The molecule has 0 heterocycles. The number of hydrogen-bond acceptors (Lipinski definition) is 3. The van der Waals surface area contributed by atoms with Gasteiger partial charge in [0.05, 0.1) is 13.0 Å². The molecule has 0 rings (SSSR count). The Hall–Kier alpha value is -1.26. The minimum atomic E-state index is -0.299. The number of carbonyl (C=O) groups excluding carboxylic acids is 2. The Morgan fingerprint density at radius 3 is 2.56 bits per heavy atom. The quantitative estimate of drug-likeness (QED) is 0.551. The molecule has 0 radical (unpaired) electrons. The molecule has 1 atom stereocenters. The molecular formula is C11H22N2O3. The predicted molar refractivity (Wildman–Crippen MR) is 62.1 cm³/mol. The van der Waals surface area contributed by atoms with Crippen LogP contribution in [0.4, 0.5) is 4.79 Å². The summed E-state index contributed by atoms with van der Waals surface area (Å²) in [5, 5.41) is 2.78. The van der Waals surface area contributed by atoms with Crippen LogP contribution in [0.3, 0.4) is 0 Å². The zero-order valence-electron chi connectivity index (χ0n) is 10.6. The van der Waals surface area contributed by atoms with Crippen molar-refractivity contribution in [2.24, 2.45) is 5.92 Å². The lowest BCUT2D eigenvalue weighted by molar-refractivity contribution is -0.145. The van der Waals surface area contributed by atoms with E-state index < -0.39 is 0 Å². The van der Waals surface area contributed by atoms with Crippen LogP contribution in [-0.4, -0.2) is 44.1 Å². The van der Waals surface area contributed by atoms with E-state index in [1.165, 1.54) is 12.0 Å². The number of nitrogens with zero attached hydrogens (tertiary/aromatic N) is 1. The second-order valence-electron chi connectivity index (χ2n) is 3.89. The van der Waals surface area contributed by atoms with E-state index in [2.05, 4.69) is 17.0 Å². The summed E-state index contributed by atoms with van der Waals surface area (Å²) in [7, 11) is 3.01. The van der Waals surface area contributed by atoms with Crippen LogP contribution in [-0.2, 0) is 9.53 Å². The molecule has 5 heteroatoms. The van der Waals surface area contributed by atoms with Crippen molar-refractivity contribution in [3.63, 3.8) is 0 Å². The number of amides is 2. The molecule has 1 unspecified atom stereocenters. The van der Waals surface area contributed by atoms with E-state index in [1.807, 2.05) is 0 Å². The van der Waals surface area contributed by atoms with Gasteiger partial charge in [-0.1, -0.05) is 20.3 Å². The Morgan fingerprint density at radius 1 is 1.44 bits per heavy atom. The fourth-order valence-electron chi connectivity index (χ4n) is 1.28. The number of unbranched alkanes of at least 4 members (excludes halogenated alkanes) is 1. The summed E-state index contributed by atoms with van der Waals surface area (Å²) in [6.07, 6.45) is 2.01. The van der Waals surface area contributed by atoms with Gasteiger partial charge in [-0.3, -0.25) is 4.79 Å². The molecule has 16 heavy (non-hydrogen) atoms. The molecule has 2 amide bonds. The fraction of sp³-hybridized carbons (Fsp3) is 0.818. The van der Waals surface area contributed by atoms with Gasteiger partial charge in [0, 0.05) is 20.1 Å². The van der Waals surface area contributed by atoms with Gasteiger partial charge >= 0.3 is 12.0 Å². The van der Waals surface area contributed by atoms with Crippen LogP contribution in [0.5, 0.6) is 0 Å². The third-order valence-electron chi connectivity index (χ3n) is 2.30. The molecule has 0 fully saturated rings. The maximum absolute atomic E-state index is 11.5. The number of carbonyl (C=O) groups is 2. The van der Waals surface area contributed by atoms with Crippen molar-refractivity contribution in [1.82, 2.24) is 10.2 Å². The molecule has 0 aromatic heterocycles. The Morgan fingerprint density at radius 2 is 2.06 bits per heavy atom. The predicted octanol–water partition coefficient (Wildman–Crippen LogP) is 1.24. The highest BCUT2D eigenvalue weighted by atomic mass is 16.5. The van der Waals surface area contributed by atoms with Crippen LogP contribution < -0.4 is 5.32 Å². The largest absolute Gasteiger partial charge is 0.469 e. The van der Waals surface area contributed by atoms with Crippen LogP contribution in [0.15, 0.2) is 0 Å². The first kappa shape index (κ1) is 14.7. The summed E-state index contributed by atoms with van der Waals surface area (Å²) >= 11 is 0. The molecule has 5 nitrogen and oxygen atoms in total. The van der Waals surface area contributed by atoms with E-state index in [1.54, 1.807) is 14.0 Å². The summed E-state index contributed by atoms with van der Waals surface area (Å²) < 4.78 is 4.59. The monoisotopic (exact) mass is 230 g/mol. The Kier molecular flexibility index (Phi) is 7.33. The first-order valence-corrected chi connectivity index (χ1v) is 5.59. The van der Waals surface area contributed by atoms with Gasteiger partial charge in [0.1, 0.15) is 0 Å². The molecule has 0 aliphatic rings. The highest BCUT2D eigenvalue weighted by molar-refractivity contribution is 5.76. The maximum Gasteiger partial charge on any atom is 0.317 e. The van der Waals surface area contributed by atoms with E-state index in [0.29, 0.717) is 13.1 Å². The zero-order valence-corrected chi connectivity index (χ0v) is 10.6. The molecule has 0 saturated carbocycles. The molecule has 0 bridgehead atoms. The van der Waals surface area contributed by atoms with Gasteiger partial charge in [-0.2, -0.15) is 0 Å². The highest BCUT2D eigenvalue weighted by Gasteiger charge is 2.18. The Labute approximate surface area is 97.1 Å². The van der Waals surface area contributed by atoms with Gasteiger partial charge in [0.2, 0.25) is 0 Å². The number of ether oxygens (including phenoxy) is 1. The van der Waals surface area contributed by atoms with E-state index in [9.17, 15) is 9.59 Å². The number of nitrogens with one attached hydrogen (secondary N) is 1. The lowest BCUT2D eigenvalue weighted by Crippen LogP contribution is -2.41. The average Bonchev–Trinajstić information content (AvgIpc) is 2.27. The number of methoxy groups -OCH3 is 1. The molecule has 94 valence electrons. The maximum atomic E-state index is 11.5. The minimum absolute atomic E-state index is 0.149. The van der Waals surface area contributed by atoms with Crippen molar-refractivity contribution in [1.29, 1.82) is 0 Å². The molecule has 0 spiro atoms. The Bertz CT molecular complexity index is 231. The van der Waals surface area contributed by atoms with Crippen LogP contribution in [0.1, 0.15) is 26.7 Å². The highest BCUT2D eigenvalue weighted by Crippen LogP contribution is 2.00. The van der Waals surface area contributed by atoms with Gasteiger partial charge < -0.3 is 15.0 Å². The molecule has 0 aliphatic carbocycles. The first-order chi connectivity index (χ1) is 7.52. The van der Waals surface area contributed by atoms with Crippen molar-refractivity contribution < 1.29 is 14.3 Å². The topological polar surface area (TPSA) is 58.6 Å². The number of rotatable bonds is 6. The standard InChI is InChI=1S/C11H22N2O3/c1-5-6-7-12-11(15)13(3)8-9(2)10(14)16-4/h9H,5-8H2,1-4H3,(H,12,15). The molecule has 0 aliphatic heterocycles. The zero-order chi connectivity index (χ0) is 12.6. The van der Waals surface area contributed by atoms with E-state index >= 15 is 0 Å². The van der Waals surface area contributed by atoms with Crippen molar-refractivity contribution >= 4 is 12.0 Å². The Balaban J connectivity index is 3.90. The van der Waals surface area contributed by atoms with Gasteiger partial charge in [-0.25, -0.2) is 4.79 Å². The molecule has 1 N–H and O–H groups in total. The van der Waals surface area contributed by atoms with Gasteiger partial charge in [-0.15, -0.1) is 0 Å². The van der Waals surface area contributed by atoms with Crippen LogP contribution in [0.2, 0.25) is 0 Å². The lowest BCUT2D eigenvalue weighted by atomic mass is 10.2. The molecule has 0 saturated heterocycles. The first-order valence-electron chi connectivity index (χ1n) is 5.59. The normalized spacial score (nSPS) is 11.8. The van der Waals surface area contributed by atoms with Crippen molar-refractivity contribution in [3.8, 4) is 0 Å². The third kappa shape index (κ3) is 5.58. The van der Waals surface area contributed by atoms with Gasteiger partial charge in [0.25, 0.3) is 0 Å². The lowest BCUT2D eigenvalue weighted by Gasteiger charge is -2.20. The number of esters is 1. The summed E-state index contributed by atoms with van der Waals surface area (Å²) in [4.78, 5) is 24.2. The number of hydrogen-bond donors (Lipinski definition) is 1. The smallest absolute Gasteiger partial charge is 0.317 e. The SMILES string of the molecule is CCCCNC(=O)N(C)CC(C)C(=O)OC. The second kappa shape index (κ2) is 7.96. The molecular weight excluding hydrogens is 208 g/mol. The summed E-state index contributed by atoms with van der Waals surface area (Å²) in [6.45, 7) is 4.84. The fourth-order valence-corrected chi connectivity index (χ4v) is 1.28. The van der Waals surface area contributed by atoms with Crippen LogP contribution in [0.25, 0.3) is 0 Å². The van der Waals surface area contributed by atoms with Crippen molar-refractivity contribution in [2.45, 2.75) is 26.7 Å². The minimum Gasteiger partial charge on any atom is -0.469 e. The van der Waals surface area contributed by atoms with Gasteiger partial charge in [0.15, 0.2) is 0 Å². The average molecular weight is 230 g/mol. The van der Waals surface area contributed by atoms with Crippen molar-refractivity contribution in [3.05, 3.63) is 0 Å². The summed E-state index contributed by atoms with van der Waals surface area (Å²) in [6, 6.07) is -0.149. The van der Waals surface area contributed by atoms with Crippen LogP contribution >= 0.6 is 0 Å². The number of urea groups is 1. The van der Waals surface area contributed by atoms with Crippen molar-refractivity contribution in [2.75, 3.05) is 27.2 Å². The van der Waals surface area contributed by atoms with Crippen LogP contribution in [0, 0.1) is 5.92 Å². The van der Waals surface area contributed by atoms with E-state index in [4.69, 9.17) is 0 Å². The summed E-state index contributed by atoms with van der Waals surface area (Å²) in [5.74, 6) is -0.597.